The number of fused-ring (bicyclic) bond motifs is 1. The highest BCUT2D eigenvalue weighted by Crippen LogP contribution is 2.39. The van der Waals surface area contributed by atoms with E-state index < -0.39 is 17.9 Å². The molecule has 1 saturated carbocycles. The van der Waals surface area contributed by atoms with E-state index in [-0.39, 0.29) is 24.4 Å². The third kappa shape index (κ3) is 2.31. The smallest absolute Gasteiger partial charge is 0.317 e. The molecule has 0 spiro atoms. The number of hydrogen-bond acceptors (Lipinski definition) is 6. The molecule has 1 saturated heterocycles. The fourth-order valence-electron chi connectivity index (χ4n) is 2.81. The van der Waals surface area contributed by atoms with Gasteiger partial charge in [0.15, 0.2) is 0 Å². The van der Waals surface area contributed by atoms with Crippen LogP contribution in [0, 0.1) is 17.8 Å². The summed E-state index contributed by atoms with van der Waals surface area (Å²) in [5.74, 6) is -2.52. The number of imidazole rings is 1. The number of nitrogens with one attached hydrogen (secondary N) is 1. The molecule has 3 rings (SSSR count). The van der Waals surface area contributed by atoms with Crippen molar-refractivity contribution < 1.29 is 23.9 Å². The molecular weight excluding hydrogens is 264 g/mol. The van der Waals surface area contributed by atoms with E-state index in [9.17, 15) is 14.4 Å². The molecule has 1 N–H and O–H groups in total. The molecule has 1 aromatic rings. The maximum Gasteiger partial charge on any atom is 0.317 e. The standard InChI is InChI=1S/C13H14N2O5/c16-11(19-5-8-4-14-6-15-8)7-1-2-9-10(3-7)13(18)20-12(9)17/h4,6-7,9-10H,1-3,5H2,(H,14,15). The van der Waals surface area contributed by atoms with Crippen LogP contribution >= 0.6 is 0 Å². The molecule has 1 aromatic heterocycles. The van der Waals surface area contributed by atoms with E-state index in [1.165, 1.54) is 6.33 Å². The van der Waals surface area contributed by atoms with Crippen molar-refractivity contribution >= 4 is 17.9 Å². The summed E-state index contributed by atoms with van der Waals surface area (Å²) in [5, 5.41) is 0. The number of cyclic esters (lactones) is 2. The second kappa shape index (κ2) is 5.07. The van der Waals surface area contributed by atoms with E-state index in [1.54, 1.807) is 6.20 Å². The van der Waals surface area contributed by atoms with E-state index >= 15 is 0 Å². The molecule has 0 bridgehead atoms. The predicted octanol–water partition coefficient (Wildman–Crippen LogP) is 0.569. The molecule has 0 aromatic carbocycles. The first kappa shape index (κ1) is 12.8. The van der Waals surface area contributed by atoms with Crippen LogP contribution in [0.3, 0.4) is 0 Å². The van der Waals surface area contributed by atoms with Gasteiger partial charge in [-0.2, -0.15) is 0 Å². The third-order valence-corrected chi connectivity index (χ3v) is 3.92. The van der Waals surface area contributed by atoms with Crippen LogP contribution in [0.2, 0.25) is 0 Å². The van der Waals surface area contributed by atoms with Gasteiger partial charge in [0.25, 0.3) is 0 Å². The van der Waals surface area contributed by atoms with E-state index in [0.717, 1.165) is 0 Å². The molecule has 7 heteroatoms. The maximum absolute atomic E-state index is 12.0. The molecule has 3 atom stereocenters. The minimum atomic E-state index is -0.508. The maximum atomic E-state index is 12.0. The van der Waals surface area contributed by atoms with E-state index in [1.807, 2.05) is 0 Å². The van der Waals surface area contributed by atoms with Crippen molar-refractivity contribution in [2.45, 2.75) is 25.9 Å². The van der Waals surface area contributed by atoms with Crippen molar-refractivity contribution in [1.29, 1.82) is 0 Å². The highest BCUT2D eigenvalue weighted by molar-refractivity contribution is 5.97. The monoisotopic (exact) mass is 278 g/mol. The summed E-state index contributed by atoms with van der Waals surface area (Å²) < 4.78 is 9.80. The third-order valence-electron chi connectivity index (χ3n) is 3.92. The molecule has 2 heterocycles. The van der Waals surface area contributed by atoms with Gasteiger partial charge in [0.2, 0.25) is 0 Å². The SMILES string of the molecule is O=C(OCc1cnc[nH]1)C1CCC2C(=O)OC(=O)C2C1. The lowest BCUT2D eigenvalue weighted by molar-refractivity contribution is -0.153. The topological polar surface area (TPSA) is 98.3 Å². The van der Waals surface area contributed by atoms with Crippen LogP contribution in [0.1, 0.15) is 25.0 Å². The summed E-state index contributed by atoms with van der Waals surface area (Å²) in [5.41, 5.74) is 0.711. The molecule has 20 heavy (non-hydrogen) atoms. The normalized spacial score (nSPS) is 28.9. The van der Waals surface area contributed by atoms with Gasteiger partial charge in [0.1, 0.15) is 6.61 Å². The Morgan fingerprint density at radius 2 is 2.15 bits per heavy atom. The zero-order valence-electron chi connectivity index (χ0n) is 10.7. The Labute approximate surface area is 114 Å². The van der Waals surface area contributed by atoms with Gasteiger partial charge in [-0.15, -0.1) is 0 Å². The number of rotatable bonds is 3. The van der Waals surface area contributed by atoms with Gasteiger partial charge in [-0.1, -0.05) is 0 Å². The summed E-state index contributed by atoms with van der Waals surface area (Å²) in [7, 11) is 0. The molecule has 0 amide bonds. The quantitative estimate of drug-likeness (QED) is 0.641. The predicted molar refractivity (Wildman–Crippen MR) is 63.8 cm³/mol. The molecular formula is C13H14N2O5. The first-order chi connectivity index (χ1) is 9.65. The first-order valence-electron chi connectivity index (χ1n) is 6.54. The minimum Gasteiger partial charge on any atom is -0.459 e. The summed E-state index contributed by atoms with van der Waals surface area (Å²) in [6.07, 6.45) is 4.47. The number of nitrogens with zero attached hydrogens (tertiary/aromatic N) is 1. The molecule has 7 nitrogen and oxygen atoms in total. The number of hydrogen-bond donors (Lipinski definition) is 1. The zero-order valence-corrected chi connectivity index (χ0v) is 10.7. The number of ether oxygens (including phenoxy) is 2. The Morgan fingerprint density at radius 1 is 1.35 bits per heavy atom. The van der Waals surface area contributed by atoms with Crippen LogP contribution < -0.4 is 0 Å². The lowest BCUT2D eigenvalue weighted by Crippen LogP contribution is -2.31. The molecule has 1 aliphatic carbocycles. The van der Waals surface area contributed by atoms with Gasteiger partial charge in [-0.3, -0.25) is 14.4 Å². The van der Waals surface area contributed by atoms with Crippen molar-refractivity contribution in [2.24, 2.45) is 17.8 Å². The van der Waals surface area contributed by atoms with E-state index in [4.69, 9.17) is 4.74 Å². The summed E-state index contributed by atoms with van der Waals surface area (Å²) in [4.78, 5) is 41.6. The Hall–Kier alpha value is -2.18. The van der Waals surface area contributed by atoms with Crippen LogP contribution in [-0.4, -0.2) is 27.9 Å². The van der Waals surface area contributed by atoms with Crippen LogP contribution in [0.5, 0.6) is 0 Å². The van der Waals surface area contributed by atoms with Gasteiger partial charge in [-0.05, 0) is 19.3 Å². The Kier molecular flexibility index (Phi) is 3.25. The minimum absolute atomic E-state index is 0.132. The molecule has 1 aliphatic heterocycles. The van der Waals surface area contributed by atoms with Crippen LogP contribution in [0.15, 0.2) is 12.5 Å². The fraction of sp³-hybridized carbons (Fsp3) is 0.538. The summed E-state index contributed by atoms with van der Waals surface area (Å²) >= 11 is 0. The number of aromatic nitrogens is 2. The van der Waals surface area contributed by atoms with E-state index in [0.29, 0.717) is 25.0 Å². The van der Waals surface area contributed by atoms with Crippen LogP contribution in [0.25, 0.3) is 0 Å². The Morgan fingerprint density at radius 3 is 2.90 bits per heavy atom. The lowest BCUT2D eigenvalue weighted by Gasteiger charge is -2.26. The van der Waals surface area contributed by atoms with Crippen molar-refractivity contribution in [3.05, 3.63) is 18.2 Å². The number of aromatic amines is 1. The Balaban J connectivity index is 1.57. The molecule has 0 radical (unpaired) electrons. The fourth-order valence-corrected chi connectivity index (χ4v) is 2.81. The molecule has 3 unspecified atom stereocenters. The largest absolute Gasteiger partial charge is 0.459 e. The molecule has 2 fully saturated rings. The van der Waals surface area contributed by atoms with Crippen molar-refractivity contribution in [2.75, 3.05) is 0 Å². The van der Waals surface area contributed by atoms with Crippen molar-refractivity contribution in [3.63, 3.8) is 0 Å². The van der Waals surface area contributed by atoms with Gasteiger partial charge in [0, 0.05) is 0 Å². The van der Waals surface area contributed by atoms with Gasteiger partial charge in [-0.25, -0.2) is 4.98 Å². The second-order valence-electron chi connectivity index (χ2n) is 5.15. The van der Waals surface area contributed by atoms with Gasteiger partial charge < -0.3 is 14.5 Å². The number of esters is 3. The zero-order chi connectivity index (χ0) is 14.1. The lowest BCUT2D eigenvalue weighted by atomic mass is 9.75. The molecule has 2 aliphatic rings. The van der Waals surface area contributed by atoms with Crippen LogP contribution in [0.4, 0.5) is 0 Å². The number of H-pyrrole nitrogens is 1. The second-order valence-corrected chi connectivity index (χ2v) is 5.15. The number of carbonyl (C=O) groups excluding carboxylic acids is 3. The van der Waals surface area contributed by atoms with Crippen molar-refractivity contribution in [3.8, 4) is 0 Å². The summed E-state index contributed by atoms with van der Waals surface area (Å²) in [6.45, 7) is 0.132. The highest BCUT2D eigenvalue weighted by atomic mass is 16.6. The highest BCUT2D eigenvalue weighted by Gasteiger charge is 2.49. The number of carbonyl (C=O) groups is 3. The van der Waals surface area contributed by atoms with Crippen molar-refractivity contribution in [1.82, 2.24) is 9.97 Å². The van der Waals surface area contributed by atoms with Gasteiger partial charge in [0.05, 0.1) is 36.0 Å². The van der Waals surface area contributed by atoms with Crippen LogP contribution in [-0.2, 0) is 30.5 Å². The Bertz CT molecular complexity index is 539. The van der Waals surface area contributed by atoms with Gasteiger partial charge >= 0.3 is 17.9 Å². The molecule has 106 valence electrons. The average Bonchev–Trinajstić information content (AvgIpc) is 3.05. The summed E-state index contributed by atoms with van der Waals surface area (Å²) in [6, 6.07) is 0. The average molecular weight is 278 g/mol. The van der Waals surface area contributed by atoms with E-state index in [2.05, 4.69) is 14.7 Å². The first-order valence-corrected chi connectivity index (χ1v) is 6.54.